The van der Waals surface area contributed by atoms with Crippen LogP contribution in [0.3, 0.4) is 0 Å². The highest BCUT2D eigenvalue weighted by molar-refractivity contribution is 5.88. The van der Waals surface area contributed by atoms with Crippen molar-refractivity contribution in [2.75, 3.05) is 23.4 Å². The molecule has 2 aromatic rings. The Kier molecular flexibility index (Phi) is 7.02. The number of aliphatic hydroxyl groups is 1. The summed E-state index contributed by atoms with van der Waals surface area (Å²) < 4.78 is 117. The number of aromatic nitrogens is 1. The van der Waals surface area contributed by atoms with Crippen molar-refractivity contribution in [3.8, 4) is 0 Å². The Hall–Kier alpha value is -2.97. The van der Waals surface area contributed by atoms with Gasteiger partial charge < -0.3 is 10.0 Å². The van der Waals surface area contributed by atoms with E-state index in [4.69, 9.17) is 5.11 Å². The number of amides is 1. The fourth-order valence-electron chi connectivity index (χ4n) is 2.61. The summed E-state index contributed by atoms with van der Waals surface area (Å²) in [7, 11) is 0. The van der Waals surface area contributed by atoms with Crippen molar-refractivity contribution < 1.29 is 49.4 Å². The highest BCUT2D eigenvalue weighted by atomic mass is 19.4. The van der Waals surface area contributed by atoms with Gasteiger partial charge in [-0.05, 0) is 31.2 Å². The molecule has 178 valence electrons. The van der Waals surface area contributed by atoms with Gasteiger partial charge in [-0.1, -0.05) is 0 Å². The van der Waals surface area contributed by atoms with E-state index in [1.165, 1.54) is 0 Å². The first kappa shape index (κ1) is 25.3. The standard InChI is InChI=1S/C17H15F9N4O2/c1-8(31)14(32)29-28-13-5-11(17(24,25)26)10-4-9(2-3-12(10)27-13)30(6-15(18,19)20)7-16(21,22)23/h2-5,8,31H,6-7H2,1H3,(H,27,28)(H,29,32)/t8-/m1/s1. The zero-order valence-electron chi connectivity index (χ0n) is 16.0. The van der Waals surface area contributed by atoms with Gasteiger partial charge in [0, 0.05) is 11.1 Å². The van der Waals surface area contributed by atoms with E-state index in [2.05, 4.69) is 10.4 Å². The summed E-state index contributed by atoms with van der Waals surface area (Å²) in [6.45, 7) is -3.00. The van der Waals surface area contributed by atoms with E-state index in [0.717, 1.165) is 19.1 Å². The maximum absolute atomic E-state index is 13.5. The van der Waals surface area contributed by atoms with Crippen molar-refractivity contribution in [2.24, 2.45) is 0 Å². The van der Waals surface area contributed by atoms with Crippen molar-refractivity contribution >= 4 is 28.3 Å². The van der Waals surface area contributed by atoms with E-state index in [9.17, 15) is 44.3 Å². The van der Waals surface area contributed by atoms with E-state index in [1.54, 1.807) is 0 Å². The van der Waals surface area contributed by atoms with E-state index >= 15 is 0 Å². The first-order valence-electron chi connectivity index (χ1n) is 8.60. The number of nitrogens with one attached hydrogen (secondary N) is 2. The number of pyridine rings is 1. The lowest BCUT2D eigenvalue weighted by Gasteiger charge is -2.27. The smallest absolute Gasteiger partial charge is 0.383 e. The molecular weight excluding hydrogens is 463 g/mol. The number of fused-ring (bicyclic) bond motifs is 1. The average molecular weight is 478 g/mol. The number of benzene rings is 1. The molecule has 0 bridgehead atoms. The molecule has 0 fully saturated rings. The third-order valence-electron chi connectivity index (χ3n) is 3.90. The molecule has 0 aliphatic heterocycles. The Morgan fingerprint density at radius 3 is 2.06 bits per heavy atom. The van der Waals surface area contributed by atoms with Gasteiger partial charge in [0.1, 0.15) is 25.0 Å². The highest BCUT2D eigenvalue weighted by Crippen LogP contribution is 2.38. The molecule has 3 N–H and O–H groups in total. The van der Waals surface area contributed by atoms with E-state index < -0.39 is 71.6 Å². The number of aliphatic hydroxyl groups excluding tert-OH is 1. The molecule has 0 aliphatic rings. The molecule has 0 spiro atoms. The van der Waals surface area contributed by atoms with Crippen LogP contribution in [0.1, 0.15) is 12.5 Å². The fraction of sp³-hybridized carbons (Fsp3) is 0.412. The maximum Gasteiger partial charge on any atom is 0.417 e. The minimum Gasteiger partial charge on any atom is -0.383 e. The van der Waals surface area contributed by atoms with Crippen molar-refractivity contribution in [2.45, 2.75) is 31.6 Å². The second kappa shape index (κ2) is 8.88. The molecule has 0 saturated carbocycles. The number of hydrogen-bond donors (Lipinski definition) is 3. The molecule has 15 heteroatoms. The monoisotopic (exact) mass is 478 g/mol. The lowest BCUT2D eigenvalue weighted by molar-refractivity contribution is -0.138. The summed E-state index contributed by atoms with van der Waals surface area (Å²) in [4.78, 5) is 15.0. The van der Waals surface area contributed by atoms with Crippen LogP contribution in [0.2, 0.25) is 0 Å². The molecule has 1 aromatic heterocycles. The minimum atomic E-state index is -5.07. The van der Waals surface area contributed by atoms with Crippen LogP contribution in [-0.2, 0) is 11.0 Å². The van der Waals surface area contributed by atoms with Crippen LogP contribution in [-0.4, -0.2) is 47.5 Å². The second-order valence-electron chi connectivity index (χ2n) is 6.63. The van der Waals surface area contributed by atoms with Crippen molar-refractivity contribution in [1.29, 1.82) is 0 Å². The minimum absolute atomic E-state index is 0.144. The normalized spacial score (nSPS) is 13.7. The summed E-state index contributed by atoms with van der Waals surface area (Å²) >= 11 is 0. The van der Waals surface area contributed by atoms with Gasteiger partial charge in [0.15, 0.2) is 0 Å². The molecule has 1 heterocycles. The first-order valence-corrected chi connectivity index (χ1v) is 8.60. The van der Waals surface area contributed by atoms with Gasteiger partial charge >= 0.3 is 18.5 Å². The SMILES string of the molecule is C[C@@H](O)C(=O)NNc1cc(C(F)(F)F)c2cc(N(CC(F)(F)F)CC(F)(F)F)ccc2n1. The molecule has 0 saturated heterocycles. The van der Waals surface area contributed by atoms with Gasteiger partial charge in [0.2, 0.25) is 0 Å². The van der Waals surface area contributed by atoms with Gasteiger partial charge in [-0.2, -0.15) is 39.5 Å². The van der Waals surface area contributed by atoms with Gasteiger partial charge in [-0.25, -0.2) is 4.98 Å². The Labute approximate surface area is 174 Å². The fourth-order valence-corrected chi connectivity index (χ4v) is 2.61. The molecule has 0 aliphatic carbocycles. The summed E-state index contributed by atoms with van der Waals surface area (Å²) in [5.74, 6) is -1.53. The van der Waals surface area contributed by atoms with Crippen molar-refractivity contribution in [1.82, 2.24) is 10.4 Å². The van der Waals surface area contributed by atoms with Crippen molar-refractivity contribution in [3.05, 3.63) is 29.8 Å². The number of hydrazine groups is 1. The van der Waals surface area contributed by atoms with Crippen LogP contribution in [0.15, 0.2) is 24.3 Å². The molecule has 0 unspecified atom stereocenters. The number of carbonyl (C=O) groups excluding carboxylic acids is 1. The van der Waals surface area contributed by atoms with Gasteiger partial charge in [0.25, 0.3) is 5.91 Å². The zero-order chi connectivity index (χ0) is 24.5. The Morgan fingerprint density at radius 1 is 1.03 bits per heavy atom. The largest absolute Gasteiger partial charge is 0.417 e. The van der Waals surface area contributed by atoms with Crippen LogP contribution in [0.4, 0.5) is 51.0 Å². The van der Waals surface area contributed by atoms with E-state index in [1.807, 2.05) is 5.43 Å². The Balaban J connectivity index is 2.55. The van der Waals surface area contributed by atoms with Crippen LogP contribution < -0.4 is 15.8 Å². The molecule has 0 radical (unpaired) electrons. The predicted octanol–water partition coefficient (Wildman–Crippen LogP) is 4.01. The quantitative estimate of drug-likeness (QED) is 0.432. The van der Waals surface area contributed by atoms with E-state index in [0.29, 0.717) is 12.1 Å². The maximum atomic E-state index is 13.5. The third-order valence-corrected chi connectivity index (χ3v) is 3.90. The van der Waals surface area contributed by atoms with Gasteiger partial charge in [-0.15, -0.1) is 0 Å². The number of rotatable bonds is 6. The number of nitrogens with zero attached hydrogens (tertiary/aromatic N) is 2. The lowest BCUT2D eigenvalue weighted by atomic mass is 10.1. The summed E-state index contributed by atoms with van der Waals surface area (Å²) in [5, 5.41) is 8.33. The lowest BCUT2D eigenvalue weighted by Crippen LogP contribution is -2.40. The number of halogens is 9. The predicted molar refractivity (Wildman–Crippen MR) is 94.5 cm³/mol. The molecule has 2 rings (SSSR count). The second-order valence-corrected chi connectivity index (χ2v) is 6.63. The highest BCUT2D eigenvalue weighted by Gasteiger charge is 2.38. The van der Waals surface area contributed by atoms with Crippen LogP contribution in [0.5, 0.6) is 0 Å². The van der Waals surface area contributed by atoms with Gasteiger partial charge in [0.05, 0.1) is 11.1 Å². The topological polar surface area (TPSA) is 77.5 Å². The molecule has 1 aromatic carbocycles. The average Bonchev–Trinajstić information content (AvgIpc) is 2.61. The molecule has 1 amide bonds. The van der Waals surface area contributed by atoms with Crippen LogP contribution in [0.25, 0.3) is 10.9 Å². The summed E-state index contributed by atoms with van der Waals surface area (Å²) in [6.07, 6.45) is -16.7. The third kappa shape index (κ3) is 7.03. The summed E-state index contributed by atoms with van der Waals surface area (Å²) in [5.41, 5.74) is 1.36. The Bertz CT molecular complexity index is 955. The molecule has 1 atom stereocenters. The molecular formula is C17H15F9N4O2. The summed E-state index contributed by atoms with van der Waals surface area (Å²) in [6, 6.07) is 2.53. The zero-order valence-corrected chi connectivity index (χ0v) is 16.0. The first-order chi connectivity index (χ1) is 14.5. The molecule has 6 nitrogen and oxygen atoms in total. The van der Waals surface area contributed by atoms with Crippen LogP contribution in [0, 0.1) is 0 Å². The number of hydrogen-bond acceptors (Lipinski definition) is 5. The number of alkyl halides is 9. The van der Waals surface area contributed by atoms with E-state index in [-0.39, 0.29) is 4.90 Å². The van der Waals surface area contributed by atoms with Crippen LogP contribution >= 0.6 is 0 Å². The number of anilines is 2. The van der Waals surface area contributed by atoms with Gasteiger partial charge in [-0.3, -0.25) is 15.6 Å². The number of carbonyl (C=O) groups is 1. The van der Waals surface area contributed by atoms with Crippen molar-refractivity contribution in [3.63, 3.8) is 0 Å². The Morgan fingerprint density at radius 2 is 1.59 bits per heavy atom. The molecule has 32 heavy (non-hydrogen) atoms.